The summed E-state index contributed by atoms with van der Waals surface area (Å²) in [4.78, 5) is 4.17. The molecule has 0 aliphatic carbocycles. The van der Waals surface area contributed by atoms with Gasteiger partial charge in [-0.15, -0.1) is 11.3 Å². The van der Waals surface area contributed by atoms with Crippen LogP contribution in [0.2, 0.25) is 0 Å². The molecule has 0 aliphatic heterocycles. The van der Waals surface area contributed by atoms with Crippen molar-refractivity contribution >= 4 is 43.2 Å². The number of thiophene rings is 1. The highest BCUT2D eigenvalue weighted by Crippen LogP contribution is 2.36. The monoisotopic (exact) mass is 388 g/mol. The maximum Gasteiger partial charge on any atom is 0.0758 e. The Morgan fingerprint density at radius 1 is 1.44 bits per heavy atom. The fourth-order valence-corrected chi connectivity index (χ4v) is 4.86. The van der Waals surface area contributed by atoms with Gasteiger partial charge in [-0.1, -0.05) is 13.0 Å². The number of hydrogen-bond acceptors (Lipinski definition) is 3. The number of rotatable bonds is 5. The van der Waals surface area contributed by atoms with Crippen LogP contribution < -0.4 is 5.32 Å². The van der Waals surface area contributed by atoms with Gasteiger partial charge in [0.05, 0.1) is 7.57 Å². The van der Waals surface area contributed by atoms with Crippen molar-refractivity contribution in [3.63, 3.8) is 0 Å². The third-order valence-corrected chi connectivity index (χ3v) is 5.06. The Bertz CT molecular complexity index is 499. The number of hydrogen-bond donors (Lipinski definition) is 1. The molecule has 1 unspecified atom stereocenters. The van der Waals surface area contributed by atoms with Crippen molar-refractivity contribution in [3.05, 3.63) is 49.3 Å². The second-order valence-corrected chi connectivity index (χ2v) is 7.70. The number of halogens is 2. The van der Waals surface area contributed by atoms with Gasteiger partial charge in [-0.2, -0.15) is 0 Å². The quantitative estimate of drug-likeness (QED) is 0.810. The smallest absolute Gasteiger partial charge is 0.0758 e. The average Bonchev–Trinajstić information content (AvgIpc) is 2.69. The summed E-state index contributed by atoms with van der Waals surface area (Å²) in [6.07, 6.45) is 4.69. The zero-order chi connectivity index (χ0) is 13.0. The summed E-state index contributed by atoms with van der Waals surface area (Å²) in [5, 5.41) is 3.53. The molecule has 5 heteroatoms. The highest BCUT2D eigenvalue weighted by Gasteiger charge is 2.16. The predicted octanol–water partition coefficient (Wildman–Crippen LogP) is 4.56. The lowest BCUT2D eigenvalue weighted by Gasteiger charge is -2.17. The Hall–Kier alpha value is -0.230. The van der Waals surface area contributed by atoms with Gasteiger partial charge < -0.3 is 5.32 Å². The van der Waals surface area contributed by atoms with Crippen molar-refractivity contribution in [3.8, 4) is 0 Å². The zero-order valence-corrected chi connectivity index (χ0v) is 14.0. The summed E-state index contributed by atoms with van der Waals surface area (Å²) in [7, 11) is 0. The van der Waals surface area contributed by atoms with Crippen LogP contribution in [-0.2, 0) is 6.42 Å². The van der Waals surface area contributed by atoms with E-state index in [-0.39, 0.29) is 0 Å². The Morgan fingerprint density at radius 2 is 2.28 bits per heavy atom. The van der Waals surface area contributed by atoms with Crippen LogP contribution >= 0.6 is 43.2 Å². The first-order valence-electron chi connectivity index (χ1n) is 5.77. The van der Waals surface area contributed by atoms with E-state index < -0.39 is 0 Å². The number of aromatic nitrogens is 1. The molecule has 18 heavy (non-hydrogen) atoms. The Balaban J connectivity index is 2.21. The number of nitrogens with zero attached hydrogens (tertiary/aromatic N) is 1. The molecule has 2 nitrogen and oxygen atoms in total. The van der Waals surface area contributed by atoms with Crippen LogP contribution in [0.4, 0.5) is 0 Å². The largest absolute Gasteiger partial charge is 0.310 e. The summed E-state index contributed by atoms with van der Waals surface area (Å²) in [6, 6.07) is 6.60. The lowest BCUT2D eigenvalue weighted by Crippen LogP contribution is -2.22. The van der Waals surface area contributed by atoms with Gasteiger partial charge in [-0.05, 0) is 68.1 Å². The fourth-order valence-electron chi connectivity index (χ4n) is 1.88. The molecule has 0 amide bonds. The van der Waals surface area contributed by atoms with Crippen LogP contribution in [-0.4, -0.2) is 11.5 Å². The molecule has 0 saturated carbocycles. The maximum atomic E-state index is 4.17. The molecular weight excluding hydrogens is 376 g/mol. The van der Waals surface area contributed by atoms with E-state index in [0.717, 1.165) is 16.8 Å². The first-order valence-corrected chi connectivity index (χ1v) is 8.18. The molecule has 2 rings (SSSR count). The third kappa shape index (κ3) is 3.63. The first kappa shape index (κ1) is 14.2. The minimum Gasteiger partial charge on any atom is -0.310 e. The number of nitrogens with one attached hydrogen (secondary N) is 1. The van der Waals surface area contributed by atoms with Gasteiger partial charge in [0.25, 0.3) is 0 Å². The standard InChI is InChI=1S/C13H14Br2N2S/c1-2-17-11(6-9-4-3-5-16-8-9)10-7-12(14)18-13(10)15/h3-5,7-8,11,17H,2,6H2,1H3. The molecule has 0 aromatic carbocycles. The molecule has 0 fully saturated rings. The predicted molar refractivity (Wildman–Crippen MR) is 84.1 cm³/mol. The van der Waals surface area contributed by atoms with Crippen LogP contribution in [0.1, 0.15) is 24.1 Å². The van der Waals surface area contributed by atoms with Gasteiger partial charge in [-0.25, -0.2) is 0 Å². The van der Waals surface area contributed by atoms with E-state index in [1.54, 1.807) is 11.3 Å². The van der Waals surface area contributed by atoms with Crippen LogP contribution in [0.3, 0.4) is 0 Å². The molecule has 2 heterocycles. The van der Waals surface area contributed by atoms with Crippen molar-refractivity contribution < 1.29 is 0 Å². The summed E-state index contributed by atoms with van der Waals surface area (Å²) in [5.74, 6) is 0. The minimum absolute atomic E-state index is 0.316. The van der Waals surface area contributed by atoms with Crippen LogP contribution in [0, 0.1) is 0 Å². The lowest BCUT2D eigenvalue weighted by molar-refractivity contribution is 0.549. The van der Waals surface area contributed by atoms with E-state index >= 15 is 0 Å². The molecule has 1 N–H and O–H groups in total. The molecule has 1 atom stereocenters. The third-order valence-electron chi connectivity index (χ3n) is 2.67. The van der Waals surface area contributed by atoms with E-state index in [2.05, 4.69) is 61.2 Å². The second-order valence-electron chi connectivity index (χ2n) is 3.96. The summed E-state index contributed by atoms with van der Waals surface area (Å²) in [5.41, 5.74) is 2.55. The molecule has 0 spiro atoms. The van der Waals surface area contributed by atoms with Gasteiger partial charge in [0.15, 0.2) is 0 Å². The van der Waals surface area contributed by atoms with Crippen molar-refractivity contribution in [1.82, 2.24) is 10.3 Å². The van der Waals surface area contributed by atoms with Gasteiger partial charge in [0.1, 0.15) is 0 Å². The fraction of sp³-hybridized carbons (Fsp3) is 0.308. The summed E-state index contributed by atoms with van der Waals surface area (Å²) < 4.78 is 2.34. The highest BCUT2D eigenvalue weighted by atomic mass is 79.9. The molecule has 2 aromatic rings. The number of likely N-dealkylation sites (N-methyl/N-ethyl adjacent to an activating group) is 1. The van der Waals surface area contributed by atoms with Crippen LogP contribution in [0.5, 0.6) is 0 Å². The van der Waals surface area contributed by atoms with E-state index in [1.165, 1.54) is 14.9 Å². The Morgan fingerprint density at radius 3 is 2.83 bits per heavy atom. The maximum absolute atomic E-state index is 4.17. The van der Waals surface area contributed by atoms with E-state index in [1.807, 2.05) is 18.5 Å². The van der Waals surface area contributed by atoms with Crippen molar-refractivity contribution in [2.75, 3.05) is 6.54 Å². The van der Waals surface area contributed by atoms with E-state index in [9.17, 15) is 0 Å². The van der Waals surface area contributed by atoms with Crippen LogP contribution in [0.25, 0.3) is 0 Å². The Labute approximate surface area is 128 Å². The topological polar surface area (TPSA) is 24.9 Å². The molecule has 0 saturated heterocycles. The second kappa shape index (κ2) is 6.80. The van der Waals surface area contributed by atoms with Crippen molar-refractivity contribution in [2.24, 2.45) is 0 Å². The molecular formula is C13H14Br2N2S. The minimum atomic E-state index is 0.316. The summed E-state index contributed by atoms with van der Waals surface area (Å²) in [6.45, 7) is 3.08. The van der Waals surface area contributed by atoms with Crippen molar-refractivity contribution in [1.29, 1.82) is 0 Å². The molecule has 0 bridgehead atoms. The average molecular weight is 390 g/mol. The Kier molecular flexibility index (Phi) is 5.36. The first-order chi connectivity index (χ1) is 8.70. The van der Waals surface area contributed by atoms with E-state index in [4.69, 9.17) is 0 Å². The van der Waals surface area contributed by atoms with Gasteiger partial charge in [-0.3, -0.25) is 4.98 Å². The zero-order valence-electron chi connectivity index (χ0n) is 9.99. The van der Waals surface area contributed by atoms with Gasteiger partial charge >= 0.3 is 0 Å². The highest BCUT2D eigenvalue weighted by molar-refractivity contribution is 9.12. The lowest BCUT2D eigenvalue weighted by atomic mass is 10.0. The molecule has 0 radical (unpaired) electrons. The van der Waals surface area contributed by atoms with Crippen LogP contribution in [0.15, 0.2) is 38.2 Å². The normalized spacial score (nSPS) is 12.6. The SMILES string of the molecule is CCNC(Cc1cccnc1)c1cc(Br)sc1Br. The number of pyridine rings is 1. The van der Waals surface area contributed by atoms with Gasteiger partial charge in [0.2, 0.25) is 0 Å². The van der Waals surface area contributed by atoms with Gasteiger partial charge in [0, 0.05) is 18.4 Å². The molecule has 2 aromatic heterocycles. The molecule has 0 aliphatic rings. The summed E-state index contributed by atoms with van der Waals surface area (Å²) >= 11 is 8.88. The van der Waals surface area contributed by atoms with Crippen molar-refractivity contribution in [2.45, 2.75) is 19.4 Å². The van der Waals surface area contributed by atoms with E-state index in [0.29, 0.717) is 6.04 Å². The molecule has 96 valence electrons.